The van der Waals surface area contributed by atoms with E-state index < -0.39 is 0 Å². The monoisotopic (exact) mass is 368 g/mol. The van der Waals surface area contributed by atoms with Crippen molar-refractivity contribution in [1.82, 2.24) is 0 Å². The minimum Gasteiger partial charge on any atom is -0.316 e. The molecule has 1 unspecified atom stereocenters. The number of thioether (sulfide) groups is 1. The molecule has 0 heterocycles. The van der Waals surface area contributed by atoms with E-state index in [-0.39, 0.29) is 98.1 Å². The molecule has 0 aromatic carbocycles. The van der Waals surface area contributed by atoms with E-state index >= 15 is 0 Å². The first kappa shape index (κ1) is 18.4. The van der Waals surface area contributed by atoms with Crippen LogP contribution in [0.15, 0.2) is 0 Å². The molecule has 0 aliphatic heterocycles. The summed E-state index contributed by atoms with van der Waals surface area (Å²) < 4.78 is 0. The van der Waals surface area contributed by atoms with Gasteiger partial charge >= 0.3 is 0 Å². The summed E-state index contributed by atoms with van der Waals surface area (Å²) in [6.45, 7) is 0. The predicted molar refractivity (Wildman–Crippen MR) is 30.8 cm³/mol. The summed E-state index contributed by atoms with van der Waals surface area (Å²) in [7, 11) is 0. The fraction of sp³-hybridized carbons (Fsp3) is 0.800. The van der Waals surface area contributed by atoms with E-state index in [9.17, 15) is 0 Å². The van der Waals surface area contributed by atoms with Gasteiger partial charge in [-0.2, -0.15) is 18.2 Å². The Morgan fingerprint density at radius 2 is 1.78 bits per heavy atom. The Kier molecular flexibility index (Phi) is 23.9. The number of hydrogen-bond donors (Lipinski definition) is 0. The first-order valence-corrected chi connectivity index (χ1v) is 3.58. The van der Waals surface area contributed by atoms with Gasteiger partial charge in [-0.1, -0.05) is 6.42 Å². The normalized spacial score (nSPS) is 21.7. The summed E-state index contributed by atoms with van der Waals surface area (Å²) in [5.74, 6) is 0. The Bertz CT molecular complexity index is 44.7. The fourth-order valence-electron chi connectivity index (χ4n) is 0.517. The minimum atomic E-state index is 0. The fourth-order valence-corrected chi connectivity index (χ4v) is 1.22. The van der Waals surface area contributed by atoms with Crippen LogP contribution in [0.5, 0.6) is 0 Å². The van der Waals surface area contributed by atoms with Gasteiger partial charge in [-0.3, -0.25) is 0 Å². The van der Waals surface area contributed by atoms with Gasteiger partial charge < -0.3 is 6.42 Å². The average molecular weight is 368 g/mol. The van der Waals surface area contributed by atoms with E-state index in [1.54, 1.807) is 0 Å². The summed E-state index contributed by atoms with van der Waals surface area (Å²) in [5.41, 5.74) is 0. The topological polar surface area (TPSA) is 0 Å². The van der Waals surface area contributed by atoms with Crippen LogP contribution in [-0.4, -0.2) is 11.5 Å². The second-order valence-corrected chi connectivity index (χ2v) is 2.66. The van der Waals surface area contributed by atoms with E-state index in [0.717, 1.165) is 5.25 Å². The molecule has 1 rings (SSSR count). The Hall–Kier alpha value is 3.66. The maximum absolute atomic E-state index is 2.37. The molecule has 0 nitrogen and oxygen atoms in total. The van der Waals surface area contributed by atoms with Gasteiger partial charge in [-0.05, 0) is 6.26 Å². The molecule has 1 aliphatic carbocycles. The Labute approximate surface area is 137 Å². The van der Waals surface area contributed by atoms with Gasteiger partial charge in [0.25, 0.3) is 0 Å². The third-order valence-corrected chi connectivity index (χ3v) is 2.22. The van der Waals surface area contributed by atoms with Crippen molar-refractivity contribution in [1.29, 1.82) is 0 Å². The molecular weight excluding hydrogens is 359 g/mol. The molecule has 9 heavy (non-hydrogen) atoms. The van der Waals surface area contributed by atoms with Gasteiger partial charge in [-0.25, -0.2) is 0 Å². The Morgan fingerprint density at radius 3 is 1.78 bits per heavy atom. The summed E-state index contributed by atoms with van der Waals surface area (Å²) in [4.78, 5) is 0. The molecule has 1 fully saturated rings. The molecule has 0 amide bonds. The second kappa shape index (κ2) is 11.7. The van der Waals surface area contributed by atoms with Crippen LogP contribution in [0.3, 0.4) is 0 Å². The predicted octanol–water partition coefficient (Wildman–Crippen LogP) is 1.71. The standard InChI is InChI=1S/C5H9S.3Y/c1-6-5-3-2-4-5;;;/h3,5H,2,4H2,1H3;;;/q-1;;;. The summed E-state index contributed by atoms with van der Waals surface area (Å²) in [6.07, 6.45) is 7.30. The van der Waals surface area contributed by atoms with Crippen LogP contribution in [0.1, 0.15) is 12.8 Å². The quantitative estimate of drug-likeness (QED) is 0.636. The van der Waals surface area contributed by atoms with Crippen LogP contribution in [0, 0.1) is 6.42 Å². The third kappa shape index (κ3) is 8.00. The van der Waals surface area contributed by atoms with Crippen molar-refractivity contribution in [3.8, 4) is 0 Å². The Balaban J connectivity index is -0.000000120. The maximum Gasteiger partial charge on any atom is 0 e. The number of rotatable bonds is 1. The molecular formula is C5H9SY3-. The van der Waals surface area contributed by atoms with Crippen LogP contribution in [0.2, 0.25) is 0 Å². The van der Waals surface area contributed by atoms with Crippen LogP contribution in [-0.2, 0) is 98.1 Å². The van der Waals surface area contributed by atoms with E-state index in [0.29, 0.717) is 0 Å². The van der Waals surface area contributed by atoms with Crippen molar-refractivity contribution in [2.24, 2.45) is 0 Å². The van der Waals surface area contributed by atoms with E-state index in [1.165, 1.54) is 12.8 Å². The van der Waals surface area contributed by atoms with E-state index in [4.69, 9.17) is 0 Å². The zero-order valence-corrected chi connectivity index (χ0v) is 15.0. The average Bonchev–Trinajstić information content (AvgIpc) is 1.31. The second-order valence-electron chi connectivity index (χ2n) is 1.59. The minimum absolute atomic E-state index is 0. The molecule has 3 radical (unpaired) electrons. The Morgan fingerprint density at radius 1 is 1.33 bits per heavy atom. The molecule has 1 aliphatic rings. The molecule has 45 valence electrons. The van der Waals surface area contributed by atoms with Crippen molar-refractivity contribution in [2.75, 3.05) is 6.26 Å². The first-order valence-electron chi connectivity index (χ1n) is 2.29. The molecule has 0 aromatic heterocycles. The van der Waals surface area contributed by atoms with Crippen molar-refractivity contribution in [3.05, 3.63) is 6.42 Å². The van der Waals surface area contributed by atoms with Gasteiger partial charge in [0, 0.05) is 98.1 Å². The van der Waals surface area contributed by atoms with Crippen molar-refractivity contribution >= 4 is 11.8 Å². The molecule has 4 heteroatoms. The molecule has 0 bridgehead atoms. The van der Waals surface area contributed by atoms with Crippen LogP contribution < -0.4 is 0 Å². The molecule has 0 spiro atoms. The molecule has 1 atom stereocenters. The first-order chi connectivity index (χ1) is 2.93. The maximum atomic E-state index is 2.37. The van der Waals surface area contributed by atoms with Gasteiger partial charge in [0.1, 0.15) is 0 Å². The SMILES string of the molecule is CSC1[CH-]CC1.[Y].[Y].[Y]. The summed E-state index contributed by atoms with van der Waals surface area (Å²) in [5, 5.41) is 0.907. The summed E-state index contributed by atoms with van der Waals surface area (Å²) >= 11 is 1.96. The smallest absolute Gasteiger partial charge is 0 e. The van der Waals surface area contributed by atoms with Gasteiger partial charge in [-0.15, -0.1) is 5.25 Å². The van der Waals surface area contributed by atoms with Crippen LogP contribution in [0.25, 0.3) is 0 Å². The largest absolute Gasteiger partial charge is 0.316 e. The van der Waals surface area contributed by atoms with Gasteiger partial charge in [0.05, 0.1) is 0 Å². The number of hydrogen-bond acceptors (Lipinski definition) is 1. The molecule has 0 saturated heterocycles. The molecule has 0 aromatic rings. The van der Waals surface area contributed by atoms with Crippen LogP contribution in [0.4, 0.5) is 0 Å². The summed E-state index contributed by atoms with van der Waals surface area (Å²) in [6, 6.07) is 0. The van der Waals surface area contributed by atoms with Gasteiger partial charge in [0.15, 0.2) is 0 Å². The molecule has 0 N–H and O–H groups in total. The third-order valence-electron chi connectivity index (χ3n) is 1.18. The van der Waals surface area contributed by atoms with Gasteiger partial charge in [0.2, 0.25) is 0 Å². The van der Waals surface area contributed by atoms with Crippen molar-refractivity contribution < 1.29 is 98.1 Å². The van der Waals surface area contributed by atoms with Crippen LogP contribution >= 0.6 is 11.8 Å². The molecule has 1 saturated carbocycles. The van der Waals surface area contributed by atoms with Crippen molar-refractivity contribution in [3.63, 3.8) is 0 Å². The van der Waals surface area contributed by atoms with E-state index in [1.807, 2.05) is 11.8 Å². The zero-order valence-electron chi connectivity index (χ0n) is 5.71. The van der Waals surface area contributed by atoms with E-state index in [2.05, 4.69) is 12.7 Å². The zero-order chi connectivity index (χ0) is 4.41. The van der Waals surface area contributed by atoms with Crippen molar-refractivity contribution in [2.45, 2.75) is 18.1 Å².